The van der Waals surface area contributed by atoms with Crippen LogP contribution >= 0.6 is 0 Å². The minimum absolute atomic E-state index is 1.08. The molecule has 0 atom stereocenters. The number of rotatable bonds is 0. The Hall–Kier alpha value is -2.61. The number of nitrogens with zero attached hydrogens (tertiary/aromatic N) is 1. The lowest BCUT2D eigenvalue weighted by Gasteiger charge is -2.12. The van der Waals surface area contributed by atoms with Crippen molar-refractivity contribution in [2.24, 2.45) is 7.05 Å². The summed E-state index contributed by atoms with van der Waals surface area (Å²) in [6.45, 7) is 0. The van der Waals surface area contributed by atoms with Crippen LogP contribution in [-0.2, 0) is 32.7 Å². The van der Waals surface area contributed by atoms with Crippen LogP contribution < -0.4 is 4.57 Å². The average Bonchev–Trinajstić information content (AvgIpc) is 2.96. The monoisotopic (exact) mass is 313 g/mol. The van der Waals surface area contributed by atoms with Gasteiger partial charge in [0.2, 0.25) is 0 Å². The average molecular weight is 313 g/mol. The fourth-order valence-electron chi connectivity index (χ4n) is 4.04. The van der Waals surface area contributed by atoms with Gasteiger partial charge in [0.25, 0.3) is 0 Å². The van der Waals surface area contributed by atoms with E-state index in [2.05, 4.69) is 71.5 Å². The van der Waals surface area contributed by atoms with Crippen molar-refractivity contribution in [3.8, 4) is 0 Å². The molecule has 0 spiro atoms. The van der Waals surface area contributed by atoms with Crippen LogP contribution in [0, 0.1) is 0 Å². The molecule has 2 aromatic carbocycles. The summed E-state index contributed by atoms with van der Waals surface area (Å²) >= 11 is 0. The van der Waals surface area contributed by atoms with E-state index >= 15 is 0 Å². The summed E-state index contributed by atoms with van der Waals surface area (Å²) in [5.41, 5.74) is 8.32. The second-order valence-electron chi connectivity index (χ2n) is 7.01. The van der Waals surface area contributed by atoms with E-state index in [4.69, 9.17) is 0 Å². The second kappa shape index (κ2) is 5.20. The third-order valence-corrected chi connectivity index (χ3v) is 5.40. The highest BCUT2D eigenvalue weighted by Gasteiger charge is 2.15. The van der Waals surface area contributed by atoms with Crippen molar-refractivity contribution >= 4 is 21.8 Å². The van der Waals surface area contributed by atoms with Crippen LogP contribution in [0.2, 0.25) is 0 Å². The summed E-state index contributed by atoms with van der Waals surface area (Å²) < 4.78 is 2.12. The van der Waals surface area contributed by atoms with Crippen LogP contribution in [0.25, 0.3) is 21.8 Å². The highest BCUT2D eigenvalue weighted by atomic mass is 14.9. The Morgan fingerprint density at radius 3 is 2.21 bits per heavy atom. The van der Waals surface area contributed by atoms with E-state index < -0.39 is 0 Å². The van der Waals surface area contributed by atoms with E-state index in [0.717, 1.165) is 25.7 Å². The Balaban J connectivity index is 1.79. The first-order valence-electron chi connectivity index (χ1n) is 8.77. The van der Waals surface area contributed by atoms with Crippen molar-refractivity contribution in [2.45, 2.75) is 25.7 Å². The molecule has 2 aromatic heterocycles. The predicted molar refractivity (Wildman–Crippen MR) is 98.2 cm³/mol. The molecule has 118 valence electrons. The normalized spacial score (nSPS) is 14.2. The Morgan fingerprint density at radius 2 is 1.46 bits per heavy atom. The summed E-state index contributed by atoms with van der Waals surface area (Å²) in [5.74, 6) is 0. The van der Waals surface area contributed by atoms with Crippen LogP contribution in [-0.4, -0.2) is 4.98 Å². The molecule has 0 saturated carbocycles. The minimum Gasteiger partial charge on any atom is -0.349 e. The maximum absolute atomic E-state index is 3.70. The van der Waals surface area contributed by atoms with E-state index in [0.29, 0.717) is 0 Å². The SMILES string of the molecule is C[n+]1ccc2c(c1)[nH]c1c3ccc(c12)CCc1ccc(cc1)CC3. The Morgan fingerprint density at radius 1 is 0.792 bits per heavy atom. The molecule has 2 heterocycles. The van der Waals surface area contributed by atoms with Crippen molar-refractivity contribution in [1.29, 1.82) is 0 Å². The molecular weight excluding hydrogens is 292 g/mol. The molecule has 4 aromatic rings. The first kappa shape index (κ1) is 13.8. The Bertz CT molecular complexity index is 1050. The van der Waals surface area contributed by atoms with E-state index in [1.54, 1.807) is 0 Å². The van der Waals surface area contributed by atoms with E-state index in [9.17, 15) is 0 Å². The lowest BCUT2D eigenvalue weighted by molar-refractivity contribution is -0.670. The van der Waals surface area contributed by atoms with Gasteiger partial charge in [-0.3, -0.25) is 0 Å². The van der Waals surface area contributed by atoms with Gasteiger partial charge in [0.15, 0.2) is 12.4 Å². The number of aromatic nitrogens is 2. The van der Waals surface area contributed by atoms with Gasteiger partial charge in [-0.1, -0.05) is 36.4 Å². The van der Waals surface area contributed by atoms with Crippen LogP contribution in [0.3, 0.4) is 0 Å². The number of benzene rings is 2. The zero-order valence-corrected chi connectivity index (χ0v) is 14.0. The molecule has 8 rings (SSSR count). The van der Waals surface area contributed by atoms with E-state index in [1.807, 2.05) is 0 Å². The standard InChI is InChI=1S/C22H20N2/c1-24-13-12-19-20(14-24)23-22-18-9-7-16-4-2-15(3-5-16)6-8-17(10-11-18)21(19)22/h2-5,10-14H,6-9H2,1H3/p+1. The molecule has 1 N–H and O–H groups in total. The molecule has 2 nitrogen and oxygen atoms in total. The number of aryl methyl sites for hydroxylation is 5. The van der Waals surface area contributed by atoms with Gasteiger partial charge in [-0.25, -0.2) is 4.57 Å². The molecule has 4 aliphatic rings. The lowest BCUT2D eigenvalue weighted by Crippen LogP contribution is -2.25. The van der Waals surface area contributed by atoms with Crippen molar-refractivity contribution in [1.82, 2.24) is 4.98 Å². The third kappa shape index (κ3) is 2.14. The van der Waals surface area contributed by atoms with Crippen molar-refractivity contribution in [2.75, 3.05) is 0 Å². The molecule has 0 fully saturated rings. The summed E-state index contributed by atoms with van der Waals surface area (Å²) in [6.07, 6.45) is 8.70. The van der Waals surface area contributed by atoms with Crippen LogP contribution in [0.4, 0.5) is 0 Å². The molecular formula is C22H21N2+. The second-order valence-corrected chi connectivity index (χ2v) is 7.01. The number of H-pyrrole nitrogens is 1. The smallest absolute Gasteiger partial charge is 0.192 e. The molecule has 4 aliphatic carbocycles. The molecule has 0 saturated heterocycles. The van der Waals surface area contributed by atoms with Gasteiger partial charge >= 0.3 is 0 Å². The lowest BCUT2D eigenvalue weighted by atomic mass is 9.93. The van der Waals surface area contributed by atoms with Crippen LogP contribution in [0.5, 0.6) is 0 Å². The highest BCUT2D eigenvalue weighted by molar-refractivity contribution is 6.09. The van der Waals surface area contributed by atoms with Crippen molar-refractivity contribution in [3.63, 3.8) is 0 Å². The van der Waals surface area contributed by atoms with Gasteiger partial charge in [-0.2, -0.15) is 0 Å². The number of aromatic amines is 1. The topological polar surface area (TPSA) is 19.7 Å². The predicted octanol–water partition coefficient (Wildman–Crippen LogP) is 4.03. The van der Waals surface area contributed by atoms with Crippen LogP contribution in [0.15, 0.2) is 54.9 Å². The fourth-order valence-corrected chi connectivity index (χ4v) is 4.04. The number of hydrogen-bond acceptors (Lipinski definition) is 0. The molecule has 0 aliphatic heterocycles. The maximum Gasteiger partial charge on any atom is 0.192 e. The zero-order chi connectivity index (χ0) is 16.1. The fraction of sp³-hybridized carbons (Fsp3) is 0.227. The summed E-state index contributed by atoms with van der Waals surface area (Å²) in [6, 6.07) is 16.1. The van der Waals surface area contributed by atoms with Gasteiger partial charge in [0.1, 0.15) is 12.6 Å². The first-order chi connectivity index (χ1) is 11.8. The van der Waals surface area contributed by atoms with Gasteiger partial charge in [0, 0.05) is 16.8 Å². The Kier molecular flexibility index (Phi) is 2.99. The summed E-state index contributed by atoms with van der Waals surface area (Å²) in [7, 11) is 2.08. The number of nitrogens with one attached hydrogen (secondary N) is 1. The number of fused-ring (bicyclic) bond motifs is 1. The molecule has 0 amide bonds. The Labute approximate surface area is 141 Å². The first-order valence-corrected chi connectivity index (χ1v) is 8.77. The summed E-state index contributed by atoms with van der Waals surface area (Å²) in [5, 5.41) is 2.78. The highest BCUT2D eigenvalue weighted by Crippen LogP contribution is 2.32. The largest absolute Gasteiger partial charge is 0.349 e. The zero-order valence-electron chi connectivity index (χ0n) is 14.0. The molecule has 4 bridgehead atoms. The quantitative estimate of drug-likeness (QED) is 0.473. The van der Waals surface area contributed by atoms with Crippen molar-refractivity contribution in [3.05, 3.63) is 77.1 Å². The van der Waals surface area contributed by atoms with Gasteiger partial charge in [-0.15, -0.1) is 0 Å². The van der Waals surface area contributed by atoms with Gasteiger partial charge in [0.05, 0.1) is 5.52 Å². The number of pyridine rings is 1. The minimum atomic E-state index is 1.08. The van der Waals surface area contributed by atoms with E-state index in [1.165, 1.54) is 44.1 Å². The number of hydrogen-bond donors (Lipinski definition) is 1. The molecule has 24 heavy (non-hydrogen) atoms. The van der Waals surface area contributed by atoms with Crippen LogP contribution in [0.1, 0.15) is 22.3 Å². The van der Waals surface area contributed by atoms with Crippen molar-refractivity contribution < 1.29 is 4.57 Å². The van der Waals surface area contributed by atoms with Gasteiger partial charge in [-0.05, 0) is 47.9 Å². The molecule has 0 unspecified atom stereocenters. The van der Waals surface area contributed by atoms with Gasteiger partial charge < -0.3 is 4.98 Å². The summed E-state index contributed by atoms with van der Waals surface area (Å²) in [4.78, 5) is 3.70. The molecule has 0 radical (unpaired) electrons. The maximum atomic E-state index is 3.70. The van der Waals surface area contributed by atoms with E-state index in [-0.39, 0.29) is 0 Å². The molecule has 2 heteroatoms. The third-order valence-electron chi connectivity index (χ3n) is 5.40.